The topological polar surface area (TPSA) is 121 Å². The number of halogens is 1. The zero-order valence-electron chi connectivity index (χ0n) is 20.2. The molecule has 4 aromatic rings. The Morgan fingerprint density at radius 1 is 1.06 bits per heavy atom. The molecule has 1 amide bonds. The van der Waals surface area contributed by atoms with Crippen LogP contribution in [-0.4, -0.2) is 34.2 Å². The second-order valence-electron chi connectivity index (χ2n) is 7.80. The van der Waals surface area contributed by atoms with Crippen LogP contribution in [0.4, 0.5) is 5.69 Å². The lowest BCUT2D eigenvalue weighted by atomic mass is 10.0. The van der Waals surface area contributed by atoms with Crippen LogP contribution < -0.4 is 10.0 Å². The summed E-state index contributed by atoms with van der Waals surface area (Å²) in [6.07, 6.45) is -0.985. The Bertz CT molecular complexity index is 1460. The van der Waals surface area contributed by atoms with Crippen molar-refractivity contribution in [2.75, 3.05) is 4.72 Å². The molecule has 1 aromatic heterocycles. The van der Waals surface area contributed by atoms with Gasteiger partial charge in [0.2, 0.25) is 0 Å². The number of carbonyl (C=O) groups is 1. The summed E-state index contributed by atoms with van der Waals surface area (Å²) in [6, 6.07) is 15.5. The highest BCUT2D eigenvalue weighted by atomic mass is 35.5. The first-order valence-corrected chi connectivity index (χ1v) is 13.8. The van der Waals surface area contributed by atoms with Gasteiger partial charge in [0.25, 0.3) is 15.9 Å². The molecule has 8 nitrogen and oxygen atoms in total. The van der Waals surface area contributed by atoms with E-state index in [4.69, 9.17) is 11.6 Å². The summed E-state index contributed by atoms with van der Waals surface area (Å²) < 4.78 is 37.1. The predicted molar refractivity (Wildman–Crippen MR) is 144 cm³/mol. The van der Waals surface area contributed by atoms with Crippen molar-refractivity contribution < 1.29 is 18.3 Å². The summed E-state index contributed by atoms with van der Waals surface area (Å²) in [5.41, 5.74) is 2.32. The lowest BCUT2D eigenvalue weighted by Gasteiger charge is -2.22. The van der Waals surface area contributed by atoms with Crippen molar-refractivity contribution in [3.05, 3.63) is 82.4 Å². The number of aromatic nitrogens is 2. The zero-order valence-corrected chi connectivity index (χ0v) is 22.6. The van der Waals surface area contributed by atoms with Gasteiger partial charge in [0.05, 0.1) is 35.1 Å². The number of nitrogens with one attached hydrogen (secondary N) is 2. The maximum atomic E-state index is 13.2. The first-order chi connectivity index (χ1) is 17.2. The molecular weight excluding hydrogens is 520 g/mol. The number of aliphatic hydroxyl groups excluding tert-OH is 1. The van der Waals surface area contributed by atoms with E-state index in [1.54, 1.807) is 62.4 Å². The highest BCUT2D eigenvalue weighted by molar-refractivity contribution is 7.93. The third-order valence-electron chi connectivity index (χ3n) is 5.25. The van der Waals surface area contributed by atoms with Gasteiger partial charge in [0, 0.05) is 5.02 Å². The molecular formula is C25H27ClN4O4S2. The van der Waals surface area contributed by atoms with Crippen molar-refractivity contribution in [1.82, 2.24) is 14.1 Å². The monoisotopic (exact) mass is 546 g/mol. The number of rotatable bonds is 7. The average Bonchev–Trinajstić information content (AvgIpc) is 3.34. The molecule has 3 aromatic carbocycles. The summed E-state index contributed by atoms with van der Waals surface area (Å²) >= 11 is 6.82. The second kappa shape index (κ2) is 11.8. The molecule has 0 aliphatic heterocycles. The van der Waals surface area contributed by atoms with Crippen LogP contribution in [0.2, 0.25) is 5.02 Å². The van der Waals surface area contributed by atoms with E-state index in [1.165, 1.54) is 12.1 Å². The Hall–Kier alpha value is -3.05. The number of sulfonamides is 1. The number of nitrogens with zero attached hydrogens (tertiary/aromatic N) is 2. The molecule has 1 heterocycles. The van der Waals surface area contributed by atoms with Crippen LogP contribution in [0.15, 0.2) is 65.6 Å². The van der Waals surface area contributed by atoms with Crippen LogP contribution in [0.1, 0.15) is 48.4 Å². The first-order valence-electron chi connectivity index (χ1n) is 11.2. The summed E-state index contributed by atoms with van der Waals surface area (Å²) in [6.45, 7) is 7.45. The third kappa shape index (κ3) is 6.19. The maximum Gasteiger partial charge on any atom is 0.264 e. The van der Waals surface area contributed by atoms with E-state index in [0.29, 0.717) is 16.1 Å². The van der Waals surface area contributed by atoms with E-state index in [0.717, 1.165) is 17.3 Å². The highest BCUT2D eigenvalue weighted by Crippen LogP contribution is 2.27. The molecule has 0 radical (unpaired) electrons. The quantitative estimate of drug-likeness (QED) is 0.288. The number of anilines is 1. The number of benzene rings is 3. The van der Waals surface area contributed by atoms with Gasteiger partial charge in [-0.05, 0) is 61.4 Å². The number of aryl methyl sites for hydroxylation is 1. The van der Waals surface area contributed by atoms with Crippen molar-refractivity contribution >= 4 is 56.0 Å². The standard InChI is InChI=1S/C23H21ClN4O4S2.C2H6/c1-13-6-11-17(23(30)25-14(2)22(29)15-7-9-16(24)10-8-15)19(12-13)28-34(31,32)20-5-3-4-18-21(20)27-33-26-18;1-2/h3-12,14,22,28-29H,1-2H3,(H,25,30);1-2H3. The van der Waals surface area contributed by atoms with Crippen molar-refractivity contribution in [1.29, 1.82) is 0 Å². The maximum absolute atomic E-state index is 13.2. The zero-order chi connectivity index (χ0) is 26.5. The van der Waals surface area contributed by atoms with Crippen LogP contribution in [0.5, 0.6) is 0 Å². The van der Waals surface area contributed by atoms with Gasteiger partial charge in [-0.2, -0.15) is 8.75 Å². The van der Waals surface area contributed by atoms with Gasteiger partial charge < -0.3 is 10.4 Å². The molecule has 3 N–H and O–H groups in total. The van der Waals surface area contributed by atoms with Gasteiger partial charge in [-0.15, -0.1) is 0 Å². The fourth-order valence-corrected chi connectivity index (χ4v) is 5.41. The SMILES string of the molecule is CC.Cc1ccc(C(=O)NC(C)C(O)c2ccc(Cl)cc2)c(NS(=O)(=O)c2cccc3nsnc23)c1. The smallest absolute Gasteiger partial charge is 0.264 e. The Labute approximate surface area is 219 Å². The molecule has 0 saturated heterocycles. The van der Waals surface area contributed by atoms with Crippen molar-refractivity contribution in [3.63, 3.8) is 0 Å². The molecule has 2 atom stereocenters. The van der Waals surface area contributed by atoms with Crippen LogP contribution in [0.3, 0.4) is 0 Å². The molecule has 0 fully saturated rings. The van der Waals surface area contributed by atoms with E-state index >= 15 is 0 Å². The Balaban J connectivity index is 0.00000176. The Morgan fingerprint density at radius 3 is 2.44 bits per heavy atom. The third-order valence-corrected chi connectivity index (χ3v) is 7.44. The van der Waals surface area contributed by atoms with Crippen LogP contribution in [-0.2, 0) is 10.0 Å². The fraction of sp³-hybridized carbons (Fsp3) is 0.240. The van der Waals surface area contributed by atoms with Crippen molar-refractivity contribution in [2.24, 2.45) is 0 Å². The molecule has 0 aliphatic carbocycles. The van der Waals surface area contributed by atoms with E-state index < -0.39 is 28.1 Å². The van der Waals surface area contributed by atoms with Crippen LogP contribution in [0, 0.1) is 6.92 Å². The number of fused-ring (bicyclic) bond motifs is 1. The lowest BCUT2D eigenvalue weighted by Crippen LogP contribution is -2.37. The Morgan fingerprint density at radius 2 is 1.75 bits per heavy atom. The number of hydrogen-bond acceptors (Lipinski definition) is 7. The largest absolute Gasteiger partial charge is 0.386 e. The molecule has 0 bridgehead atoms. The molecule has 36 heavy (non-hydrogen) atoms. The van der Waals surface area contributed by atoms with Gasteiger partial charge in [0.15, 0.2) is 0 Å². The van der Waals surface area contributed by atoms with Gasteiger partial charge in [-0.1, -0.05) is 49.7 Å². The second-order valence-corrected chi connectivity index (χ2v) is 10.4. The summed E-state index contributed by atoms with van der Waals surface area (Å²) in [7, 11) is -4.06. The Kier molecular flexibility index (Phi) is 9.02. The van der Waals surface area contributed by atoms with E-state index in [2.05, 4.69) is 18.8 Å². The van der Waals surface area contributed by atoms with E-state index in [-0.39, 0.29) is 21.7 Å². The number of aliphatic hydroxyl groups is 1. The summed E-state index contributed by atoms with van der Waals surface area (Å²) in [5.74, 6) is -0.535. The van der Waals surface area contributed by atoms with Crippen molar-refractivity contribution in [2.45, 2.75) is 44.7 Å². The highest BCUT2D eigenvalue weighted by Gasteiger charge is 2.24. The van der Waals surface area contributed by atoms with Crippen molar-refractivity contribution in [3.8, 4) is 0 Å². The van der Waals surface area contributed by atoms with Gasteiger partial charge in [-0.25, -0.2) is 8.42 Å². The van der Waals surface area contributed by atoms with Crippen LogP contribution >= 0.6 is 23.3 Å². The minimum Gasteiger partial charge on any atom is -0.386 e. The number of carbonyl (C=O) groups excluding carboxylic acids is 1. The average molecular weight is 547 g/mol. The summed E-state index contributed by atoms with van der Waals surface area (Å²) in [5, 5.41) is 13.9. The number of hydrogen-bond donors (Lipinski definition) is 3. The molecule has 190 valence electrons. The fourth-order valence-electron chi connectivity index (χ4n) is 3.45. The minimum atomic E-state index is -4.06. The van der Waals surface area contributed by atoms with Crippen LogP contribution in [0.25, 0.3) is 11.0 Å². The van der Waals surface area contributed by atoms with E-state index in [9.17, 15) is 18.3 Å². The predicted octanol–water partition coefficient (Wildman–Crippen LogP) is 5.33. The van der Waals surface area contributed by atoms with Gasteiger partial charge >= 0.3 is 0 Å². The molecule has 0 aliphatic rings. The normalized spacial score (nSPS) is 12.8. The molecule has 11 heteroatoms. The molecule has 4 rings (SSSR count). The molecule has 2 unspecified atom stereocenters. The first kappa shape index (κ1) is 27.5. The molecule has 0 spiro atoms. The lowest BCUT2D eigenvalue weighted by molar-refractivity contribution is 0.0853. The van der Waals surface area contributed by atoms with Gasteiger partial charge in [0.1, 0.15) is 15.9 Å². The molecule has 0 saturated carbocycles. The number of amides is 1. The van der Waals surface area contributed by atoms with E-state index in [1.807, 2.05) is 13.8 Å². The summed E-state index contributed by atoms with van der Waals surface area (Å²) in [4.78, 5) is 13.0. The van der Waals surface area contributed by atoms with Gasteiger partial charge in [-0.3, -0.25) is 9.52 Å². The minimum absolute atomic E-state index is 0.0295.